The number of carbonyl (C=O) groups is 1. The first-order valence-electron chi connectivity index (χ1n) is 5.60. The lowest BCUT2D eigenvalue weighted by Gasteiger charge is -2.38. The zero-order valence-corrected chi connectivity index (χ0v) is 9.07. The second kappa shape index (κ2) is 3.68. The molecule has 16 heavy (non-hydrogen) atoms. The van der Waals surface area contributed by atoms with Crippen molar-refractivity contribution in [3.8, 4) is 0 Å². The Morgan fingerprint density at radius 2 is 1.88 bits per heavy atom. The van der Waals surface area contributed by atoms with Gasteiger partial charge in [-0.1, -0.05) is 24.3 Å². The molecule has 0 amide bonds. The Kier molecular flexibility index (Phi) is 2.30. The third-order valence-corrected chi connectivity index (χ3v) is 3.54. The lowest BCUT2D eigenvalue weighted by Crippen LogP contribution is -2.46. The van der Waals surface area contributed by atoms with Crippen molar-refractivity contribution in [3.05, 3.63) is 35.4 Å². The van der Waals surface area contributed by atoms with Gasteiger partial charge in [-0.25, -0.2) is 0 Å². The smallest absolute Gasteiger partial charge is 0.173 e. The molecule has 1 spiro atoms. The van der Waals surface area contributed by atoms with Crippen LogP contribution in [0.5, 0.6) is 0 Å². The molecule has 1 heterocycles. The summed E-state index contributed by atoms with van der Waals surface area (Å²) in [6, 6.07) is 7.84. The summed E-state index contributed by atoms with van der Waals surface area (Å²) < 4.78 is 10.6. The molecule has 3 heteroatoms. The highest BCUT2D eigenvalue weighted by Gasteiger charge is 2.44. The molecule has 3 nitrogen and oxygen atoms in total. The van der Waals surface area contributed by atoms with Crippen LogP contribution in [0, 0.1) is 5.41 Å². The van der Waals surface area contributed by atoms with E-state index >= 15 is 0 Å². The molecule has 3 rings (SSSR count). The Balaban J connectivity index is 2.00. The maximum atomic E-state index is 12.4. The molecule has 2 aliphatic rings. The number of aryl methyl sites for hydroxylation is 1. The topological polar surface area (TPSA) is 35.5 Å². The summed E-state index contributed by atoms with van der Waals surface area (Å²) in [5, 5.41) is 0. The molecule has 1 fully saturated rings. The van der Waals surface area contributed by atoms with Gasteiger partial charge >= 0.3 is 0 Å². The number of ether oxygens (including phenoxy) is 2. The summed E-state index contributed by atoms with van der Waals surface area (Å²) in [4.78, 5) is 12.4. The minimum atomic E-state index is -0.424. The van der Waals surface area contributed by atoms with Gasteiger partial charge in [0.2, 0.25) is 0 Å². The van der Waals surface area contributed by atoms with Gasteiger partial charge in [0.05, 0.1) is 18.6 Å². The Morgan fingerprint density at radius 3 is 2.69 bits per heavy atom. The van der Waals surface area contributed by atoms with Gasteiger partial charge in [0.15, 0.2) is 5.78 Å². The molecule has 0 unspecified atom stereocenters. The van der Waals surface area contributed by atoms with E-state index in [1.54, 1.807) is 0 Å². The first kappa shape index (κ1) is 10.00. The van der Waals surface area contributed by atoms with Crippen molar-refractivity contribution in [2.45, 2.75) is 12.8 Å². The zero-order chi connectivity index (χ0) is 11.0. The van der Waals surface area contributed by atoms with Gasteiger partial charge in [-0.3, -0.25) is 4.79 Å². The maximum Gasteiger partial charge on any atom is 0.173 e. The standard InChI is InChI=1S/C13H14O3/c14-12-11-4-2-1-3-10(11)5-6-13(12)7-15-9-16-8-13/h1-4H,5-9H2. The van der Waals surface area contributed by atoms with Crippen LogP contribution in [0.15, 0.2) is 24.3 Å². The molecular weight excluding hydrogens is 204 g/mol. The van der Waals surface area contributed by atoms with E-state index in [2.05, 4.69) is 0 Å². The SMILES string of the molecule is O=C1c2ccccc2CCC12COCOC2. The average Bonchev–Trinajstić information content (AvgIpc) is 2.36. The van der Waals surface area contributed by atoms with Gasteiger partial charge in [0, 0.05) is 5.56 Å². The van der Waals surface area contributed by atoms with Crippen LogP contribution >= 0.6 is 0 Å². The molecule has 0 aromatic heterocycles. The number of hydrogen-bond acceptors (Lipinski definition) is 3. The summed E-state index contributed by atoms with van der Waals surface area (Å²) in [5.41, 5.74) is 1.58. The fourth-order valence-electron chi connectivity index (χ4n) is 2.58. The van der Waals surface area contributed by atoms with Crippen LogP contribution in [0.3, 0.4) is 0 Å². The molecule has 0 bridgehead atoms. The van der Waals surface area contributed by atoms with Gasteiger partial charge in [-0.15, -0.1) is 0 Å². The van der Waals surface area contributed by atoms with Gasteiger partial charge in [-0.05, 0) is 18.4 Å². The van der Waals surface area contributed by atoms with Crippen molar-refractivity contribution in [3.63, 3.8) is 0 Å². The van der Waals surface area contributed by atoms with Crippen molar-refractivity contribution < 1.29 is 14.3 Å². The molecule has 1 aliphatic carbocycles. The highest BCUT2D eigenvalue weighted by molar-refractivity contribution is 6.03. The molecule has 1 aromatic rings. The summed E-state index contributed by atoms with van der Waals surface area (Å²) in [5.74, 6) is 0.189. The van der Waals surface area contributed by atoms with Crippen molar-refractivity contribution in [2.75, 3.05) is 20.0 Å². The molecule has 0 radical (unpaired) electrons. The van der Waals surface area contributed by atoms with Gasteiger partial charge in [-0.2, -0.15) is 0 Å². The third kappa shape index (κ3) is 1.39. The number of rotatable bonds is 0. The van der Waals surface area contributed by atoms with E-state index in [-0.39, 0.29) is 5.78 Å². The predicted octanol–water partition coefficient (Wildman–Crippen LogP) is 1.81. The number of ketones is 1. The second-order valence-corrected chi connectivity index (χ2v) is 4.58. The van der Waals surface area contributed by atoms with Crippen molar-refractivity contribution >= 4 is 5.78 Å². The number of benzene rings is 1. The molecule has 0 saturated carbocycles. The lowest BCUT2D eigenvalue weighted by atomic mass is 9.71. The quantitative estimate of drug-likeness (QED) is 0.666. The first-order chi connectivity index (χ1) is 7.82. The Bertz CT molecular complexity index is 419. The minimum absolute atomic E-state index is 0.189. The highest BCUT2D eigenvalue weighted by Crippen LogP contribution is 2.37. The predicted molar refractivity (Wildman–Crippen MR) is 58.3 cm³/mol. The Morgan fingerprint density at radius 1 is 1.12 bits per heavy atom. The average molecular weight is 218 g/mol. The minimum Gasteiger partial charge on any atom is -0.354 e. The highest BCUT2D eigenvalue weighted by atomic mass is 16.7. The van der Waals surface area contributed by atoms with Crippen LogP contribution < -0.4 is 0 Å². The van der Waals surface area contributed by atoms with Gasteiger partial charge < -0.3 is 9.47 Å². The Labute approximate surface area is 94.4 Å². The fourth-order valence-corrected chi connectivity index (χ4v) is 2.58. The molecule has 1 aromatic carbocycles. The molecule has 1 aliphatic heterocycles. The molecule has 0 N–H and O–H groups in total. The normalized spacial score (nSPS) is 23.1. The largest absolute Gasteiger partial charge is 0.354 e. The Hall–Kier alpha value is -1.19. The van der Waals surface area contributed by atoms with Gasteiger partial charge in [0.1, 0.15) is 6.79 Å². The zero-order valence-electron chi connectivity index (χ0n) is 9.07. The monoisotopic (exact) mass is 218 g/mol. The van der Waals surface area contributed by atoms with Crippen LogP contribution in [0.2, 0.25) is 0 Å². The fraction of sp³-hybridized carbons (Fsp3) is 0.462. The maximum absolute atomic E-state index is 12.4. The summed E-state index contributed by atoms with van der Waals surface area (Å²) in [7, 11) is 0. The van der Waals surface area contributed by atoms with E-state index < -0.39 is 5.41 Å². The van der Waals surface area contributed by atoms with E-state index in [1.165, 1.54) is 0 Å². The van der Waals surface area contributed by atoms with Crippen LogP contribution in [0.1, 0.15) is 22.3 Å². The van der Waals surface area contributed by atoms with Crippen molar-refractivity contribution in [2.24, 2.45) is 5.41 Å². The van der Waals surface area contributed by atoms with E-state index in [0.29, 0.717) is 20.0 Å². The van der Waals surface area contributed by atoms with Crippen LogP contribution in [-0.2, 0) is 15.9 Å². The van der Waals surface area contributed by atoms with E-state index in [1.807, 2.05) is 24.3 Å². The van der Waals surface area contributed by atoms with E-state index in [9.17, 15) is 4.79 Å². The van der Waals surface area contributed by atoms with Crippen LogP contribution in [-0.4, -0.2) is 25.8 Å². The van der Waals surface area contributed by atoms with Gasteiger partial charge in [0.25, 0.3) is 0 Å². The summed E-state index contributed by atoms with van der Waals surface area (Å²) in [6.07, 6.45) is 1.78. The first-order valence-corrected chi connectivity index (χ1v) is 5.60. The second-order valence-electron chi connectivity index (χ2n) is 4.58. The molecular formula is C13H14O3. The summed E-state index contributed by atoms with van der Waals surface area (Å²) >= 11 is 0. The molecule has 0 atom stereocenters. The number of Topliss-reactive ketones (excluding diaryl/α,β-unsaturated/α-hetero) is 1. The van der Waals surface area contributed by atoms with Crippen LogP contribution in [0.4, 0.5) is 0 Å². The number of fused-ring (bicyclic) bond motifs is 1. The van der Waals surface area contributed by atoms with E-state index in [4.69, 9.17) is 9.47 Å². The summed E-state index contributed by atoms with van der Waals surface area (Å²) in [6.45, 7) is 1.32. The number of hydrogen-bond donors (Lipinski definition) is 0. The lowest BCUT2D eigenvalue weighted by molar-refractivity contribution is -0.151. The van der Waals surface area contributed by atoms with Crippen LogP contribution in [0.25, 0.3) is 0 Å². The van der Waals surface area contributed by atoms with E-state index in [0.717, 1.165) is 24.0 Å². The molecule has 1 saturated heterocycles. The number of carbonyl (C=O) groups excluding carboxylic acids is 1. The van der Waals surface area contributed by atoms with Crippen molar-refractivity contribution in [1.82, 2.24) is 0 Å². The third-order valence-electron chi connectivity index (χ3n) is 3.54. The molecule has 84 valence electrons. The van der Waals surface area contributed by atoms with Crippen molar-refractivity contribution in [1.29, 1.82) is 0 Å².